The van der Waals surface area contributed by atoms with Crippen molar-refractivity contribution < 1.29 is 118 Å². The Bertz CT molecular complexity index is 2330. The molecule has 0 saturated carbocycles. The number of aliphatic carboxylic acids is 1. The molecule has 0 spiro atoms. The SMILES string of the molecule is COc1cc(C2c3cc4c(cc3C(OC3OC[C@H](OC5OC(COC6(C(=O)O)CC(O)C(NC(C)=O)C(C(O)C(O)CN=[N+]=[N-])O6)C(O)C(O)C5O)C(O)C3O)C3COC(=O)C23)OCO4)cc(OC)c1O. The van der Waals surface area contributed by atoms with Gasteiger partial charge < -0.3 is 108 Å². The highest BCUT2D eigenvalue weighted by molar-refractivity contribution is 5.79. The third-order valence-corrected chi connectivity index (χ3v) is 13.5. The van der Waals surface area contributed by atoms with E-state index in [1.165, 1.54) is 14.2 Å². The number of fused-ring (bicyclic) bond motifs is 3. The van der Waals surface area contributed by atoms with Crippen LogP contribution in [0.4, 0.5) is 0 Å². The minimum Gasteiger partial charge on any atom is -0.502 e. The number of cyclic esters (lactones) is 1. The summed E-state index contributed by atoms with van der Waals surface area (Å²) in [4.78, 5) is 40.9. The number of benzene rings is 2. The predicted molar refractivity (Wildman–Crippen MR) is 226 cm³/mol. The number of amides is 1. The van der Waals surface area contributed by atoms with Crippen molar-refractivity contribution in [2.45, 2.75) is 117 Å². The lowest BCUT2D eigenvalue weighted by atomic mass is 9.66. The van der Waals surface area contributed by atoms with Gasteiger partial charge in [-0.1, -0.05) is 5.11 Å². The third kappa shape index (κ3) is 9.81. The summed E-state index contributed by atoms with van der Waals surface area (Å²) in [6, 6.07) is 4.94. The second-order valence-corrected chi connectivity index (χ2v) is 17.8. The molecule has 8 rings (SSSR count). The molecule has 6 aliphatic rings. The van der Waals surface area contributed by atoms with Crippen LogP contribution in [-0.2, 0) is 47.5 Å². The van der Waals surface area contributed by atoms with Crippen molar-refractivity contribution in [1.29, 1.82) is 0 Å². The number of hydrogen-bond acceptors (Lipinski definition) is 24. The molecule has 19 atom stereocenters. The van der Waals surface area contributed by atoms with Gasteiger partial charge in [-0.2, -0.15) is 0 Å². The normalized spacial score (nSPS) is 37.1. The lowest BCUT2D eigenvalue weighted by Gasteiger charge is -2.48. The summed E-state index contributed by atoms with van der Waals surface area (Å²) in [6.45, 7) is -1.47. The summed E-state index contributed by atoms with van der Waals surface area (Å²) in [5.74, 6) is -7.92. The summed E-state index contributed by atoms with van der Waals surface area (Å²) in [6.07, 6.45) is -26.4. The van der Waals surface area contributed by atoms with E-state index in [1.807, 2.05) is 0 Å². The largest absolute Gasteiger partial charge is 0.502 e. The van der Waals surface area contributed by atoms with Gasteiger partial charge in [0.2, 0.25) is 18.4 Å². The first-order valence-corrected chi connectivity index (χ1v) is 22.2. The number of carboxylic acids is 1. The molecular formula is C43H54N4O24. The number of aromatic hydroxyl groups is 1. The summed E-state index contributed by atoms with van der Waals surface area (Å²) in [5, 5.41) is 115. The Hall–Kier alpha value is -5.40. The molecule has 0 bridgehead atoms. The number of nitrogens with zero attached hydrogens (tertiary/aromatic N) is 3. The van der Waals surface area contributed by atoms with E-state index in [1.54, 1.807) is 24.3 Å². The molecule has 2 aromatic carbocycles. The van der Waals surface area contributed by atoms with Crippen LogP contribution in [0.1, 0.15) is 42.1 Å². The number of ether oxygens (including phenoxy) is 11. The van der Waals surface area contributed by atoms with E-state index in [4.69, 9.17) is 57.6 Å². The summed E-state index contributed by atoms with van der Waals surface area (Å²) < 4.78 is 62.9. The minimum atomic E-state index is -2.89. The van der Waals surface area contributed by atoms with Crippen LogP contribution < -0.4 is 24.3 Å². The number of azide groups is 1. The van der Waals surface area contributed by atoms with E-state index < -0.39 is 159 Å². The average Bonchev–Trinajstić information content (AvgIpc) is 3.98. The standard InChI is InChI=1S/C43H54N4O24/c1-14(48)46-29-19(49)8-43(42(59)60,71-38(29)30(51)20(50)9-45-47-44)67-12-26-32(53)34(55)36(57)41(69-26)68-25-11-64-40(35(56)33(25)54)70-37-17-7-22-21(65-13-66-22)6-16(17)27(28-18(37)10-63-39(28)58)15-4-23(61-2)31(52)24(5-15)62-3/h4-7,18-20,25-30,32-38,40-41,49-57H,8-13H2,1-3H3,(H,46,48)(H,59,60)/t18?,19?,20?,25-,26?,27?,28?,29?,30?,32?,33?,34?,35?,36?,37?,38?,40?,41?,43?/m0/s1. The third-order valence-electron chi connectivity index (χ3n) is 13.5. The first kappa shape index (κ1) is 51.9. The number of hydrogen-bond donors (Lipinski definition) is 11. The van der Waals surface area contributed by atoms with Crippen LogP contribution >= 0.6 is 0 Å². The van der Waals surface area contributed by atoms with Crippen molar-refractivity contribution in [3.63, 3.8) is 0 Å². The number of aliphatic hydroxyl groups is 8. The molecule has 11 N–H and O–H groups in total. The van der Waals surface area contributed by atoms with Gasteiger partial charge in [-0.3, -0.25) is 9.59 Å². The molecule has 71 heavy (non-hydrogen) atoms. The van der Waals surface area contributed by atoms with Gasteiger partial charge in [-0.25, -0.2) is 4.79 Å². The maximum Gasteiger partial charge on any atom is 0.364 e. The summed E-state index contributed by atoms with van der Waals surface area (Å²) >= 11 is 0. The van der Waals surface area contributed by atoms with Crippen molar-refractivity contribution in [1.82, 2.24) is 5.32 Å². The number of carbonyl (C=O) groups is 3. The molecule has 2 aromatic rings. The monoisotopic (exact) mass is 1010 g/mol. The second-order valence-electron chi connectivity index (χ2n) is 17.8. The van der Waals surface area contributed by atoms with Crippen molar-refractivity contribution >= 4 is 17.8 Å². The van der Waals surface area contributed by atoms with Crippen LogP contribution in [0.5, 0.6) is 28.7 Å². The molecule has 390 valence electrons. The fourth-order valence-electron chi connectivity index (χ4n) is 9.88. The number of phenols is 1. The first-order chi connectivity index (χ1) is 33.8. The molecule has 0 aromatic heterocycles. The number of methoxy groups -OCH3 is 2. The highest BCUT2D eigenvalue weighted by Crippen LogP contribution is 2.57. The van der Waals surface area contributed by atoms with Crippen molar-refractivity contribution in [3.8, 4) is 28.7 Å². The van der Waals surface area contributed by atoms with E-state index in [2.05, 4.69) is 15.3 Å². The predicted octanol–water partition coefficient (Wildman–Crippen LogP) is -3.11. The van der Waals surface area contributed by atoms with Crippen LogP contribution in [-0.4, -0.2) is 208 Å². The maximum absolute atomic E-state index is 13.7. The van der Waals surface area contributed by atoms with Crippen LogP contribution in [0.2, 0.25) is 0 Å². The van der Waals surface area contributed by atoms with E-state index in [-0.39, 0.29) is 30.6 Å². The van der Waals surface area contributed by atoms with Crippen LogP contribution in [0.15, 0.2) is 29.4 Å². The van der Waals surface area contributed by atoms with E-state index in [9.17, 15) is 65.4 Å². The second kappa shape index (κ2) is 21.0. The molecule has 28 heteroatoms. The summed E-state index contributed by atoms with van der Waals surface area (Å²) in [5.41, 5.74) is 10.2. The lowest BCUT2D eigenvalue weighted by molar-refractivity contribution is -0.359. The van der Waals surface area contributed by atoms with E-state index >= 15 is 0 Å². The topological polar surface area (TPSA) is 416 Å². The van der Waals surface area contributed by atoms with Gasteiger partial charge in [0.1, 0.15) is 54.9 Å². The van der Waals surface area contributed by atoms with Gasteiger partial charge in [-0.05, 0) is 46.5 Å². The zero-order valence-corrected chi connectivity index (χ0v) is 38.0. The van der Waals surface area contributed by atoms with Gasteiger partial charge in [0.05, 0.1) is 70.9 Å². The van der Waals surface area contributed by atoms with Crippen molar-refractivity contribution in [2.24, 2.45) is 17.0 Å². The maximum atomic E-state index is 13.7. The molecule has 1 amide bonds. The van der Waals surface area contributed by atoms with Crippen molar-refractivity contribution in [2.75, 3.05) is 47.4 Å². The van der Waals surface area contributed by atoms with Crippen LogP contribution in [0, 0.1) is 11.8 Å². The van der Waals surface area contributed by atoms with Crippen LogP contribution in [0.25, 0.3) is 10.4 Å². The Morgan fingerprint density at radius 1 is 0.901 bits per heavy atom. The van der Waals surface area contributed by atoms with E-state index in [0.717, 1.165) is 6.92 Å². The molecule has 1 aliphatic carbocycles. The number of phenolic OH excluding ortho intramolecular Hbond substituents is 1. The Labute approximate surface area is 401 Å². The average molecular weight is 1010 g/mol. The molecular weight excluding hydrogens is 956 g/mol. The minimum absolute atomic E-state index is 0.0719. The van der Waals surface area contributed by atoms with Gasteiger partial charge >= 0.3 is 11.9 Å². The molecule has 0 radical (unpaired) electrons. The van der Waals surface area contributed by atoms with Crippen molar-refractivity contribution in [3.05, 3.63) is 51.4 Å². The van der Waals surface area contributed by atoms with Gasteiger partial charge in [-0.15, -0.1) is 0 Å². The Balaban J connectivity index is 0.982. The van der Waals surface area contributed by atoms with Gasteiger partial charge in [0.15, 0.2) is 35.6 Å². The number of nitrogens with one attached hydrogen (secondary N) is 1. The molecule has 4 fully saturated rings. The zero-order valence-electron chi connectivity index (χ0n) is 38.0. The highest BCUT2D eigenvalue weighted by Gasteiger charge is 2.58. The molecule has 18 unspecified atom stereocenters. The Kier molecular flexibility index (Phi) is 15.3. The number of carbonyl (C=O) groups excluding carboxylic acids is 2. The fraction of sp³-hybridized carbons (Fsp3) is 0.651. The highest BCUT2D eigenvalue weighted by atomic mass is 16.8. The first-order valence-electron chi connectivity index (χ1n) is 22.2. The lowest BCUT2D eigenvalue weighted by Crippen LogP contribution is -2.68. The number of rotatable bonds is 16. The number of esters is 1. The Morgan fingerprint density at radius 2 is 1.56 bits per heavy atom. The number of aliphatic hydroxyl groups excluding tert-OH is 8. The smallest absolute Gasteiger partial charge is 0.364 e. The summed E-state index contributed by atoms with van der Waals surface area (Å²) in [7, 11) is 2.71. The van der Waals surface area contributed by atoms with Crippen LogP contribution in [0.3, 0.4) is 0 Å². The zero-order chi connectivity index (χ0) is 51.2. The van der Waals surface area contributed by atoms with E-state index in [0.29, 0.717) is 28.2 Å². The van der Waals surface area contributed by atoms with Gasteiger partial charge in [0.25, 0.3) is 5.79 Å². The quantitative estimate of drug-likeness (QED) is 0.0343. The van der Waals surface area contributed by atoms with Gasteiger partial charge in [0, 0.05) is 30.1 Å². The number of carboxylic acid groups (broad SMARTS) is 1. The molecule has 28 nitrogen and oxygen atoms in total. The fourth-order valence-corrected chi connectivity index (χ4v) is 9.88. The molecule has 4 saturated heterocycles. The molecule has 5 heterocycles. The Morgan fingerprint density at radius 3 is 2.20 bits per heavy atom. The molecule has 5 aliphatic heterocycles.